The monoisotopic (exact) mass is 195 g/mol. The van der Waals surface area contributed by atoms with Gasteiger partial charge < -0.3 is 10.1 Å². The van der Waals surface area contributed by atoms with E-state index in [9.17, 15) is 0 Å². The zero-order valence-corrected chi connectivity index (χ0v) is 7.83. The van der Waals surface area contributed by atoms with Gasteiger partial charge >= 0.3 is 0 Å². The standard InChI is InChI=1S/C9H10ClN3/c10-8-2-1-5-13-6-7(3-4-11)12-9(8)13/h1-2,5-6H,3-4,11H2. The summed E-state index contributed by atoms with van der Waals surface area (Å²) in [5.41, 5.74) is 7.22. The first-order chi connectivity index (χ1) is 6.31. The van der Waals surface area contributed by atoms with E-state index >= 15 is 0 Å². The molecule has 2 aromatic rings. The molecule has 68 valence electrons. The van der Waals surface area contributed by atoms with Crippen LogP contribution in [0.3, 0.4) is 0 Å². The summed E-state index contributed by atoms with van der Waals surface area (Å²) < 4.78 is 1.91. The molecule has 0 aliphatic heterocycles. The molecule has 0 aromatic carbocycles. The number of halogens is 1. The molecule has 3 nitrogen and oxygen atoms in total. The van der Waals surface area contributed by atoms with Crippen molar-refractivity contribution >= 4 is 17.2 Å². The molecule has 2 heterocycles. The Kier molecular flexibility index (Phi) is 2.20. The molecule has 0 spiro atoms. The van der Waals surface area contributed by atoms with E-state index in [4.69, 9.17) is 17.3 Å². The van der Waals surface area contributed by atoms with Crippen molar-refractivity contribution in [2.24, 2.45) is 5.73 Å². The lowest BCUT2D eigenvalue weighted by Crippen LogP contribution is -2.02. The highest BCUT2D eigenvalue weighted by atomic mass is 35.5. The lowest BCUT2D eigenvalue weighted by atomic mass is 10.3. The fraction of sp³-hybridized carbons (Fsp3) is 0.222. The number of rotatable bonds is 2. The number of hydrogen-bond acceptors (Lipinski definition) is 2. The van der Waals surface area contributed by atoms with Crippen LogP contribution in [-0.2, 0) is 6.42 Å². The molecule has 0 aliphatic carbocycles. The Bertz CT molecular complexity index is 422. The van der Waals surface area contributed by atoms with E-state index in [2.05, 4.69) is 4.98 Å². The van der Waals surface area contributed by atoms with Crippen molar-refractivity contribution in [1.82, 2.24) is 9.38 Å². The summed E-state index contributed by atoms with van der Waals surface area (Å²) in [6, 6.07) is 3.72. The Morgan fingerprint density at radius 3 is 3.08 bits per heavy atom. The number of imidazole rings is 1. The Labute approximate surface area is 81.1 Å². The van der Waals surface area contributed by atoms with Gasteiger partial charge in [-0.3, -0.25) is 0 Å². The van der Waals surface area contributed by atoms with Crippen LogP contribution in [0.2, 0.25) is 5.02 Å². The first-order valence-electron chi connectivity index (χ1n) is 4.13. The molecule has 4 heteroatoms. The average Bonchev–Trinajstić information content (AvgIpc) is 2.49. The minimum Gasteiger partial charge on any atom is -0.330 e. The van der Waals surface area contributed by atoms with Crippen LogP contribution in [0.15, 0.2) is 24.5 Å². The maximum absolute atomic E-state index is 5.96. The summed E-state index contributed by atoms with van der Waals surface area (Å²) in [7, 11) is 0. The van der Waals surface area contributed by atoms with Crippen molar-refractivity contribution in [3.63, 3.8) is 0 Å². The maximum atomic E-state index is 5.96. The van der Waals surface area contributed by atoms with Crippen LogP contribution < -0.4 is 5.73 Å². The molecule has 0 unspecified atom stereocenters. The number of nitrogens with two attached hydrogens (primary N) is 1. The zero-order chi connectivity index (χ0) is 9.26. The van der Waals surface area contributed by atoms with E-state index in [0.29, 0.717) is 11.6 Å². The van der Waals surface area contributed by atoms with Gasteiger partial charge in [0.05, 0.1) is 10.7 Å². The van der Waals surface area contributed by atoms with Crippen molar-refractivity contribution in [2.45, 2.75) is 6.42 Å². The van der Waals surface area contributed by atoms with Crippen LogP contribution in [0.1, 0.15) is 5.69 Å². The molecule has 0 aliphatic rings. The van der Waals surface area contributed by atoms with E-state index in [1.807, 2.05) is 28.9 Å². The van der Waals surface area contributed by atoms with Crippen LogP contribution in [0.4, 0.5) is 0 Å². The zero-order valence-electron chi connectivity index (χ0n) is 7.07. The third kappa shape index (κ3) is 1.53. The third-order valence-electron chi connectivity index (χ3n) is 1.89. The summed E-state index contributed by atoms with van der Waals surface area (Å²) in [5, 5.41) is 0.672. The van der Waals surface area contributed by atoms with Gasteiger partial charge in [0.25, 0.3) is 0 Å². The Hall–Kier alpha value is -1.06. The summed E-state index contributed by atoms with van der Waals surface area (Å²) in [6.45, 7) is 0.613. The Balaban J connectivity index is 2.55. The second kappa shape index (κ2) is 3.36. The van der Waals surface area contributed by atoms with Gasteiger partial charge in [-0.05, 0) is 18.7 Å². The molecule has 2 N–H and O–H groups in total. The van der Waals surface area contributed by atoms with Crippen LogP contribution in [0.25, 0.3) is 5.65 Å². The van der Waals surface area contributed by atoms with Crippen molar-refractivity contribution < 1.29 is 0 Å². The Morgan fingerprint density at radius 2 is 2.38 bits per heavy atom. The van der Waals surface area contributed by atoms with Gasteiger partial charge in [0.15, 0.2) is 5.65 Å². The predicted molar refractivity (Wildman–Crippen MR) is 53.0 cm³/mol. The molecule has 0 bridgehead atoms. The summed E-state index contributed by atoms with van der Waals surface area (Å²) >= 11 is 5.96. The predicted octanol–water partition coefficient (Wildman–Crippen LogP) is 1.49. The average molecular weight is 196 g/mol. The number of fused-ring (bicyclic) bond motifs is 1. The number of aromatic nitrogens is 2. The minimum atomic E-state index is 0.613. The normalized spacial score (nSPS) is 10.9. The molecule has 0 fully saturated rings. The van der Waals surface area contributed by atoms with Gasteiger partial charge in [0.1, 0.15) is 0 Å². The second-order valence-electron chi connectivity index (χ2n) is 2.86. The van der Waals surface area contributed by atoms with Crippen molar-refractivity contribution in [3.8, 4) is 0 Å². The number of nitrogens with zero attached hydrogens (tertiary/aromatic N) is 2. The molecular formula is C9H10ClN3. The molecule has 0 atom stereocenters. The molecule has 2 aromatic heterocycles. The molecule has 0 radical (unpaired) electrons. The quantitative estimate of drug-likeness (QED) is 0.789. The van der Waals surface area contributed by atoms with Gasteiger partial charge in [-0.15, -0.1) is 0 Å². The fourth-order valence-corrected chi connectivity index (χ4v) is 1.51. The number of hydrogen-bond donors (Lipinski definition) is 1. The van der Waals surface area contributed by atoms with Crippen LogP contribution in [0, 0.1) is 0 Å². The maximum Gasteiger partial charge on any atom is 0.155 e. The highest BCUT2D eigenvalue weighted by Gasteiger charge is 2.02. The molecular weight excluding hydrogens is 186 g/mol. The molecule has 0 amide bonds. The largest absolute Gasteiger partial charge is 0.330 e. The van der Waals surface area contributed by atoms with E-state index in [0.717, 1.165) is 17.8 Å². The lowest BCUT2D eigenvalue weighted by molar-refractivity contribution is 0.937. The van der Waals surface area contributed by atoms with Crippen molar-refractivity contribution in [2.75, 3.05) is 6.54 Å². The lowest BCUT2D eigenvalue weighted by Gasteiger charge is -1.92. The summed E-state index contributed by atoms with van der Waals surface area (Å²) in [4.78, 5) is 4.35. The smallest absolute Gasteiger partial charge is 0.155 e. The van der Waals surface area contributed by atoms with E-state index in [-0.39, 0.29) is 0 Å². The van der Waals surface area contributed by atoms with Crippen LogP contribution >= 0.6 is 11.6 Å². The van der Waals surface area contributed by atoms with E-state index in [1.54, 1.807) is 0 Å². The highest BCUT2D eigenvalue weighted by molar-refractivity contribution is 6.33. The molecule has 13 heavy (non-hydrogen) atoms. The minimum absolute atomic E-state index is 0.613. The molecule has 0 saturated carbocycles. The van der Waals surface area contributed by atoms with Gasteiger partial charge in [0, 0.05) is 18.8 Å². The van der Waals surface area contributed by atoms with E-state index in [1.165, 1.54) is 0 Å². The first-order valence-corrected chi connectivity index (χ1v) is 4.51. The second-order valence-corrected chi connectivity index (χ2v) is 3.27. The van der Waals surface area contributed by atoms with Crippen LogP contribution in [0.5, 0.6) is 0 Å². The van der Waals surface area contributed by atoms with Gasteiger partial charge in [-0.25, -0.2) is 4.98 Å². The molecule has 0 saturated heterocycles. The van der Waals surface area contributed by atoms with Crippen molar-refractivity contribution in [1.29, 1.82) is 0 Å². The highest BCUT2D eigenvalue weighted by Crippen LogP contribution is 2.15. The van der Waals surface area contributed by atoms with Gasteiger partial charge in [0.2, 0.25) is 0 Å². The number of pyridine rings is 1. The topological polar surface area (TPSA) is 43.3 Å². The molecule has 2 rings (SSSR count). The third-order valence-corrected chi connectivity index (χ3v) is 2.18. The van der Waals surface area contributed by atoms with Crippen molar-refractivity contribution in [3.05, 3.63) is 35.2 Å². The first kappa shape index (κ1) is 8.53. The van der Waals surface area contributed by atoms with Gasteiger partial charge in [-0.1, -0.05) is 11.6 Å². The van der Waals surface area contributed by atoms with Gasteiger partial charge in [-0.2, -0.15) is 0 Å². The van der Waals surface area contributed by atoms with E-state index < -0.39 is 0 Å². The fourth-order valence-electron chi connectivity index (χ4n) is 1.30. The SMILES string of the molecule is NCCc1cn2cccc(Cl)c2n1. The summed E-state index contributed by atoms with van der Waals surface area (Å²) in [6.07, 6.45) is 4.67. The summed E-state index contributed by atoms with van der Waals surface area (Å²) in [5.74, 6) is 0. The van der Waals surface area contributed by atoms with Crippen LogP contribution in [-0.4, -0.2) is 15.9 Å². The Morgan fingerprint density at radius 1 is 1.54 bits per heavy atom.